The van der Waals surface area contributed by atoms with Crippen LogP contribution in [0.3, 0.4) is 0 Å². The number of piperazine rings is 1. The van der Waals surface area contributed by atoms with Crippen molar-refractivity contribution in [2.75, 3.05) is 18.0 Å². The molecule has 1 aliphatic rings. The normalized spacial score (nSPS) is 17.9. The van der Waals surface area contributed by atoms with E-state index in [1.165, 1.54) is 0 Å². The highest BCUT2D eigenvalue weighted by molar-refractivity contribution is 6.01. The Morgan fingerprint density at radius 1 is 1.36 bits per heavy atom. The van der Waals surface area contributed by atoms with E-state index in [-0.39, 0.29) is 30.2 Å². The molecule has 6 nitrogen and oxygen atoms in total. The van der Waals surface area contributed by atoms with E-state index in [9.17, 15) is 9.59 Å². The molecular weight excluding hydrogens is 318 g/mol. The SMILES string of the molecule is CCc1nc(C)c(C(=O)N2CC(=O)N(c3cccc(C)c3)C[C@H]2C)o1. The van der Waals surface area contributed by atoms with Crippen LogP contribution in [0, 0.1) is 13.8 Å². The second kappa shape index (κ2) is 6.70. The lowest BCUT2D eigenvalue weighted by Crippen LogP contribution is -2.57. The van der Waals surface area contributed by atoms with Crippen molar-refractivity contribution in [3.8, 4) is 0 Å². The quantitative estimate of drug-likeness (QED) is 0.861. The number of oxazole rings is 1. The molecule has 1 aliphatic heterocycles. The van der Waals surface area contributed by atoms with Crippen LogP contribution in [-0.2, 0) is 11.2 Å². The van der Waals surface area contributed by atoms with E-state index in [1.807, 2.05) is 45.0 Å². The number of aromatic nitrogens is 1. The number of nitrogens with zero attached hydrogens (tertiary/aromatic N) is 3. The van der Waals surface area contributed by atoms with Gasteiger partial charge in [-0.2, -0.15) is 0 Å². The van der Waals surface area contributed by atoms with Crippen LogP contribution in [0.5, 0.6) is 0 Å². The van der Waals surface area contributed by atoms with Crippen LogP contribution < -0.4 is 4.90 Å². The smallest absolute Gasteiger partial charge is 0.292 e. The zero-order valence-electron chi connectivity index (χ0n) is 15.1. The molecular formula is C19H23N3O3. The number of benzene rings is 1. The molecule has 0 unspecified atom stereocenters. The van der Waals surface area contributed by atoms with Crippen LogP contribution in [0.4, 0.5) is 5.69 Å². The molecule has 0 radical (unpaired) electrons. The predicted molar refractivity (Wildman–Crippen MR) is 94.6 cm³/mol. The molecule has 3 rings (SSSR count). The average molecular weight is 341 g/mol. The molecule has 0 spiro atoms. The van der Waals surface area contributed by atoms with Crippen LogP contribution in [0.15, 0.2) is 28.7 Å². The first-order valence-corrected chi connectivity index (χ1v) is 8.55. The number of amides is 2. The monoisotopic (exact) mass is 341 g/mol. The van der Waals surface area contributed by atoms with Gasteiger partial charge in [-0.15, -0.1) is 0 Å². The summed E-state index contributed by atoms with van der Waals surface area (Å²) in [5, 5.41) is 0. The van der Waals surface area contributed by atoms with Crippen molar-refractivity contribution in [3.05, 3.63) is 47.2 Å². The van der Waals surface area contributed by atoms with E-state index < -0.39 is 0 Å². The maximum atomic E-state index is 12.8. The van der Waals surface area contributed by atoms with E-state index in [0.717, 1.165) is 11.3 Å². The van der Waals surface area contributed by atoms with E-state index in [4.69, 9.17) is 4.42 Å². The van der Waals surface area contributed by atoms with Gasteiger partial charge in [0.25, 0.3) is 5.91 Å². The molecule has 1 saturated heterocycles. The Bertz CT molecular complexity index is 812. The molecule has 2 aromatic rings. The van der Waals surface area contributed by atoms with E-state index >= 15 is 0 Å². The second-order valence-corrected chi connectivity index (χ2v) is 6.50. The van der Waals surface area contributed by atoms with Crippen molar-refractivity contribution in [2.45, 2.75) is 40.2 Å². The van der Waals surface area contributed by atoms with Crippen molar-refractivity contribution >= 4 is 17.5 Å². The molecule has 2 heterocycles. The molecule has 0 bridgehead atoms. The predicted octanol–water partition coefficient (Wildman–Crippen LogP) is 2.73. The van der Waals surface area contributed by atoms with E-state index in [1.54, 1.807) is 16.7 Å². The third-order valence-electron chi connectivity index (χ3n) is 4.50. The summed E-state index contributed by atoms with van der Waals surface area (Å²) in [5.74, 6) is 0.415. The lowest BCUT2D eigenvalue weighted by molar-refractivity contribution is -0.121. The molecule has 132 valence electrons. The minimum Gasteiger partial charge on any atom is -0.435 e. The fourth-order valence-corrected chi connectivity index (χ4v) is 3.10. The molecule has 25 heavy (non-hydrogen) atoms. The van der Waals surface area contributed by atoms with Gasteiger partial charge in [0, 0.05) is 24.7 Å². The Morgan fingerprint density at radius 2 is 2.12 bits per heavy atom. The highest BCUT2D eigenvalue weighted by Crippen LogP contribution is 2.23. The summed E-state index contributed by atoms with van der Waals surface area (Å²) in [5.41, 5.74) is 2.54. The van der Waals surface area contributed by atoms with Crippen LogP contribution >= 0.6 is 0 Å². The topological polar surface area (TPSA) is 66.7 Å². The maximum Gasteiger partial charge on any atom is 0.292 e. The van der Waals surface area contributed by atoms with Gasteiger partial charge >= 0.3 is 0 Å². The van der Waals surface area contributed by atoms with Gasteiger partial charge in [-0.25, -0.2) is 4.98 Å². The van der Waals surface area contributed by atoms with Gasteiger partial charge in [0.2, 0.25) is 11.7 Å². The van der Waals surface area contributed by atoms with Crippen molar-refractivity contribution in [1.82, 2.24) is 9.88 Å². The Balaban J connectivity index is 1.81. The summed E-state index contributed by atoms with van der Waals surface area (Å²) in [6, 6.07) is 7.72. The Labute approximate surface area is 147 Å². The third-order valence-corrected chi connectivity index (χ3v) is 4.50. The molecule has 1 atom stereocenters. The van der Waals surface area contributed by atoms with Crippen molar-refractivity contribution in [2.24, 2.45) is 0 Å². The first kappa shape index (κ1) is 17.2. The van der Waals surface area contributed by atoms with E-state index in [0.29, 0.717) is 24.6 Å². The summed E-state index contributed by atoms with van der Waals surface area (Å²) in [6.45, 7) is 8.11. The number of anilines is 1. The number of hydrogen-bond acceptors (Lipinski definition) is 4. The van der Waals surface area contributed by atoms with Crippen molar-refractivity contribution in [3.63, 3.8) is 0 Å². The van der Waals surface area contributed by atoms with Crippen LogP contribution in [-0.4, -0.2) is 40.8 Å². The molecule has 1 aromatic carbocycles. The fourth-order valence-electron chi connectivity index (χ4n) is 3.10. The van der Waals surface area contributed by atoms with Crippen LogP contribution in [0.25, 0.3) is 0 Å². The van der Waals surface area contributed by atoms with Gasteiger partial charge in [0.15, 0.2) is 5.89 Å². The molecule has 6 heteroatoms. The molecule has 1 fully saturated rings. The second-order valence-electron chi connectivity index (χ2n) is 6.50. The lowest BCUT2D eigenvalue weighted by atomic mass is 10.1. The molecule has 0 saturated carbocycles. The van der Waals surface area contributed by atoms with Crippen LogP contribution in [0.1, 0.15) is 41.6 Å². The zero-order valence-corrected chi connectivity index (χ0v) is 15.1. The highest BCUT2D eigenvalue weighted by atomic mass is 16.4. The maximum absolute atomic E-state index is 12.8. The Hall–Kier alpha value is -2.63. The molecule has 2 amide bonds. The number of carbonyl (C=O) groups is 2. The lowest BCUT2D eigenvalue weighted by Gasteiger charge is -2.39. The summed E-state index contributed by atoms with van der Waals surface area (Å²) in [4.78, 5) is 33.0. The summed E-state index contributed by atoms with van der Waals surface area (Å²) in [7, 11) is 0. The summed E-state index contributed by atoms with van der Waals surface area (Å²) in [6.07, 6.45) is 0.629. The first-order chi connectivity index (χ1) is 11.9. The average Bonchev–Trinajstić information content (AvgIpc) is 2.97. The number of carbonyl (C=O) groups excluding carboxylic acids is 2. The minimum absolute atomic E-state index is 0.0372. The molecule has 0 N–H and O–H groups in total. The van der Waals surface area contributed by atoms with Gasteiger partial charge in [0.1, 0.15) is 6.54 Å². The third kappa shape index (κ3) is 3.29. The standard InChI is InChI=1S/C19H23N3O3/c1-5-16-20-14(4)18(25-16)19(24)21-11-17(23)22(10-13(21)3)15-8-6-7-12(2)9-15/h6-9,13H,5,10-11H2,1-4H3/t13-/m1/s1. The van der Waals surface area contributed by atoms with E-state index in [2.05, 4.69) is 4.98 Å². The molecule has 0 aliphatic carbocycles. The minimum atomic E-state index is -0.269. The number of rotatable bonds is 3. The Kier molecular flexibility index (Phi) is 4.61. The van der Waals surface area contributed by atoms with Crippen LogP contribution in [0.2, 0.25) is 0 Å². The molecule has 1 aromatic heterocycles. The van der Waals surface area contributed by atoms with Crippen molar-refractivity contribution < 1.29 is 14.0 Å². The van der Waals surface area contributed by atoms with Gasteiger partial charge in [-0.05, 0) is 38.5 Å². The number of hydrogen-bond donors (Lipinski definition) is 0. The first-order valence-electron chi connectivity index (χ1n) is 8.55. The van der Waals surface area contributed by atoms with Gasteiger partial charge in [-0.3, -0.25) is 9.59 Å². The zero-order chi connectivity index (χ0) is 18.1. The van der Waals surface area contributed by atoms with Gasteiger partial charge in [-0.1, -0.05) is 19.1 Å². The summed E-state index contributed by atoms with van der Waals surface area (Å²) < 4.78 is 5.56. The summed E-state index contributed by atoms with van der Waals surface area (Å²) >= 11 is 0. The van der Waals surface area contributed by atoms with Gasteiger partial charge in [0.05, 0.1) is 5.69 Å². The number of aryl methyl sites for hydroxylation is 3. The fraction of sp³-hybridized carbons (Fsp3) is 0.421. The highest BCUT2D eigenvalue weighted by Gasteiger charge is 2.35. The largest absolute Gasteiger partial charge is 0.435 e. The van der Waals surface area contributed by atoms with Crippen molar-refractivity contribution in [1.29, 1.82) is 0 Å². The Morgan fingerprint density at radius 3 is 2.76 bits per heavy atom. The van der Waals surface area contributed by atoms with Gasteiger partial charge < -0.3 is 14.2 Å².